The lowest BCUT2D eigenvalue weighted by Gasteiger charge is -2.20. The van der Waals surface area contributed by atoms with Gasteiger partial charge in [0.25, 0.3) is 0 Å². The number of hydrogen-bond acceptors (Lipinski definition) is 4. The van der Waals surface area contributed by atoms with Crippen molar-refractivity contribution in [2.24, 2.45) is 0 Å². The highest BCUT2D eigenvalue weighted by Gasteiger charge is 2.29. The number of benzene rings is 4. The summed E-state index contributed by atoms with van der Waals surface area (Å²) in [5.41, 5.74) is 5.22. The lowest BCUT2D eigenvalue weighted by atomic mass is 9.97. The number of nitrogens with one attached hydrogen (secondary N) is 1. The number of ether oxygens (including phenoxy) is 1. The molecule has 33 heavy (non-hydrogen) atoms. The molecule has 0 saturated heterocycles. The van der Waals surface area contributed by atoms with Crippen molar-refractivity contribution in [3.8, 4) is 11.1 Å². The summed E-state index contributed by atoms with van der Waals surface area (Å²) in [6.45, 7) is 0.0723. The summed E-state index contributed by atoms with van der Waals surface area (Å²) in [5.74, 6) is -0.0330. The lowest BCUT2D eigenvalue weighted by Crippen LogP contribution is -2.36. The quantitative estimate of drug-likeness (QED) is 0.404. The van der Waals surface area contributed by atoms with Crippen LogP contribution in [0.4, 0.5) is 4.79 Å². The molecule has 5 rings (SSSR count). The van der Waals surface area contributed by atoms with Crippen LogP contribution in [0.2, 0.25) is 0 Å². The molecule has 2 unspecified atom stereocenters. The van der Waals surface area contributed by atoms with Gasteiger partial charge in [0.1, 0.15) is 18.8 Å². The van der Waals surface area contributed by atoms with Crippen LogP contribution in [-0.2, 0) is 4.74 Å². The number of rotatable bonds is 6. The molecule has 5 nitrogen and oxygen atoms in total. The van der Waals surface area contributed by atoms with E-state index in [4.69, 9.17) is 4.74 Å². The van der Waals surface area contributed by atoms with Crippen LogP contribution in [0, 0.1) is 0 Å². The Morgan fingerprint density at radius 3 is 2.15 bits per heavy atom. The standard InChI is InChI=1S/C28H25NO4/c30-26(27(31)24-15-7-9-18-8-1-2-10-19(18)24)16-29-28(32)33-17-25-22-13-5-3-11-20(22)21-12-4-6-14-23(21)25/h1-15,25-27,30-31H,16-17H2,(H,29,32). The molecule has 0 aliphatic heterocycles. The van der Waals surface area contributed by atoms with Gasteiger partial charge in [-0.2, -0.15) is 0 Å². The fourth-order valence-electron chi connectivity index (χ4n) is 4.66. The van der Waals surface area contributed by atoms with E-state index in [-0.39, 0.29) is 19.1 Å². The molecule has 1 aliphatic carbocycles. The minimum absolute atomic E-state index is 0.0330. The molecule has 166 valence electrons. The Kier molecular flexibility index (Phi) is 5.82. The number of amides is 1. The second-order valence-electron chi connectivity index (χ2n) is 8.29. The molecule has 1 amide bonds. The minimum atomic E-state index is -1.17. The van der Waals surface area contributed by atoms with E-state index < -0.39 is 18.3 Å². The zero-order valence-corrected chi connectivity index (χ0v) is 18.0. The Labute approximate surface area is 192 Å². The number of fused-ring (bicyclic) bond motifs is 4. The van der Waals surface area contributed by atoms with Gasteiger partial charge in [-0.05, 0) is 38.6 Å². The van der Waals surface area contributed by atoms with E-state index in [2.05, 4.69) is 29.6 Å². The SMILES string of the molecule is O=C(NCC(O)C(O)c1cccc2ccccc12)OCC1c2ccccc2-c2ccccc21. The molecule has 0 spiro atoms. The van der Waals surface area contributed by atoms with Gasteiger partial charge in [-0.1, -0.05) is 91.0 Å². The Balaban J connectivity index is 1.21. The predicted molar refractivity (Wildman–Crippen MR) is 128 cm³/mol. The van der Waals surface area contributed by atoms with Crippen LogP contribution >= 0.6 is 0 Å². The summed E-state index contributed by atoms with van der Waals surface area (Å²) in [4.78, 5) is 12.4. The van der Waals surface area contributed by atoms with Crippen molar-refractivity contribution in [2.45, 2.75) is 18.1 Å². The topological polar surface area (TPSA) is 78.8 Å². The Morgan fingerprint density at radius 1 is 0.818 bits per heavy atom. The molecule has 1 aliphatic rings. The van der Waals surface area contributed by atoms with Gasteiger partial charge in [0, 0.05) is 12.5 Å². The molecule has 0 saturated carbocycles. The van der Waals surface area contributed by atoms with Crippen LogP contribution < -0.4 is 5.32 Å². The van der Waals surface area contributed by atoms with Gasteiger partial charge in [0.15, 0.2) is 0 Å². The fourth-order valence-corrected chi connectivity index (χ4v) is 4.66. The second kappa shape index (κ2) is 9.06. The van der Waals surface area contributed by atoms with E-state index in [0.29, 0.717) is 5.56 Å². The van der Waals surface area contributed by atoms with Crippen molar-refractivity contribution in [1.82, 2.24) is 5.32 Å². The summed E-state index contributed by atoms with van der Waals surface area (Å²) < 4.78 is 5.50. The van der Waals surface area contributed by atoms with Crippen molar-refractivity contribution in [3.63, 3.8) is 0 Å². The number of carbonyl (C=O) groups excluding carboxylic acids is 1. The Morgan fingerprint density at radius 2 is 1.42 bits per heavy atom. The molecule has 5 heteroatoms. The van der Waals surface area contributed by atoms with Gasteiger partial charge < -0.3 is 20.3 Å². The molecule has 0 fully saturated rings. The highest BCUT2D eigenvalue weighted by molar-refractivity contribution is 5.86. The average molecular weight is 440 g/mol. The average Bonchev–Trinajstić information content (AvgIpc) is 3.19. The van der Waals surface area contributed by atoms with Gasteiger partial charge in [0.05, 0.1) is 0 Å². The van der Waals surface area contributed by atoms with Crippen LogP contribution in [0.1, 0.15) is 28.7 Å². The van der Waals surface area contributed by atoms with Crippen LogP contribution in [0.3, 0.4) is 0 Å². The first-order chi connectivity index (χ1) is 16.1. The molecule has 2 atom stereocenters. The maximum Gasteiger partial charge on any atom is 0.407 e. The number of alkyl carbamates (subject to hydrolysis) is 1. The van der Waals surface area contributed by atoms with Crippen LogP contribution in [0.5, 0.6) is 0 Å². The first-order valence-corrected chi connectivity index (χ1v) is 11.1. The summed E-state index contributed by atoms with van der Waals surface area (Å²) in [6.07, 6.45) is -2.93. The summed E-state index contributed by atoms with van der Waals surface area (Å²) in [5, 5.41) is 25.6. The van der Waals surface area contributed by atoms with Gasteiger partial charge in [-0.25, -0.2) is 4.79 Å². The summed E-state index contributed by atoms with van der Waals surface area (Å²) >= 11 is 0. The molecule has 4 aromatic rings. The van der Waals surface area contributed by atoms with Crippen molar-refractivity contribution >= 4 is 16.9 Å². The minimum Gasteiger partial charge on any atom is -0.449 e. The van der Waals surface area contributed by atoms with Crippen LogP contribution in [-0.4, -0.2) is 35.6 Å². The van der Waals surface area contributed by atoms with Crippen molar-refractivity contribution < 1.29 is 19.7 Å². The molecule has 0 bridgehead atoms. The third-order valence-electron chi connectivity index (χ3n) is 6.31. The number of aliphatic hydroxyl groups excluding tert-OH is 2. The summed E-state index contributed by atoms with van der Waals surface area (Å²) in [6, 6.07) is 29.5. The molecule has 0 aromatic heterocycles. The first kappa shape index (κ1) is 21.2. The molecular formula is C28H25NO4. The Hall–Kier alpha value is -3.67. The van der Waals surface area contributed by atoms with Crippen LogP contribution in [0.15, 0.2) is 91.0 Å². The zero-order valence-electron chi connectivity index (χ0n) is 18.0. The highest BCUT2D eigenvalue weighted by atomic mass is 16.5. The van der Waals surface area contributed by atoms with E-state index >= 15 is 0 Å². The van der Waals surface area contributed by atoms with E-state index in [0.717, 1.165) is 33.0 Å². The molecule has 0 heterocycles. The smallest absolute Gasteiger partial charge is 0.407 e. The van der Waals surface area contributed by atoms with Crippen molar-refractivity contribution in [2.75, 3.05) is 13.2 Å². The maximum atomic E-state index is 12.4. The normalized spacial score (nSPS) is 14.4. The molecule has 0 radical (unpaired) electrons. The monoisotopic (exact) mass is 439 g/mol. The second-order valence-corrected chi connectivity index (χ2v) is 8.29. The van der Waals surface area contributed by atoms with E-state index in [1.54, 1.807) is 6.07 Å². The van der Waals surface area contributed by atoms with Gasteiger partial charge in [0.2, 0.25) is 0 Å². The number of hydrogen-bond donors (Lipinski definition) is 3. The van der Waals surface area contributed by atoms with Gasteiger partial charge in [-0.3, -0.25) is 0 Å². The van der Waals surface area contributed by atoms with E-state index in [1.165, 1.54) is 0 Å². The third-order valence-corrected chi connectivity index (χ3v) is 6.31. The first-order valence-electron chi connectivity index (χ1n) is 11.1. The fraction of sp³-hybridized carbons (Fsp3) is 0.179. The van der Waals surface area contributed by atoms with Gasteiger partial charge >= 0.3 is 6.09 Å². The molecular weight excluding hydrogens is 414 g/mol. The molecule has 3 N–H and O–H groups in total. The Bertz CT molecular complexity index is 1250. The lowest BCUT2D eigenvalue weighted by molar-refractivity contribution is 0.0194. The summed E-state index contributed by atoms with van der Waals surface area (Å²) in [7, 11) is 0. The predicted octanol–water partition coefficient (Wildman–Crippen LogP) is 4.77. The maximum absolute atomic E-state index is 12.4. The van der Waals surface area contributed by atoms with Crippen molar-refractivity contribution in [1.29, 1.82) is 0 Å². The number of aliphatic hydroxyl groups is 2. The highest BCUT2D eigenvalue weighted by Crippen LogP contribution is 2.44. The van der Waals surface area contributed by atoms with E-state index in [9.17, 15) is 15.0 Å². The third kappa shape index (κ3) is 4.09. The van der Waals surface area contributed by atoms with E-state index in [1.807, 2.05) is 60.7 Å². The number of carbonyl (C=O) groups is 1. The van der Waals surface area contributed by atoms with Crippen LogP contribution in [0.25, 0.3) is 21.9 Å². The van der Waals surface area contributed by atoms with Crippen molar-refractivity contribution in [3.05, 3.63) is 108 Å². The zero-order chi connectivity index (χ0) is 22.8. The molecule has 4 aromatic carbocycles. The van der Waals surface area contributed by atoms with Gasteiger partial charge in [-0.15, -0.1) is 0 Å². The largest absolute Gasteiger partial charge is 0.449 e.